The third-order valence-corrected chi connectivity index (χ3v) is 8.25. The molecule has 1 atom stereocenters. The quantitative estimate of drug-likeness (QED) is 0.333. The monoisotopic (exact) mass is 567 g/mol. The number of aryl methyl sites for hydroxylation is 1. The van der Waals surface area contributed by atoms with Gasteiger partial charge in [0.1, 0.15) is 24.1 Å². The Morgan fingerprint density at radius 1 is 0.925 bits per heavy atom. The van der Waals surface area contributed by atoms with Crippen LogP contribution in [0.5, 0.6) is 11.5 Å². The van der Waals surface area contributed by atoms with Crippen LogP contribution in [0.2, 0.25) is 0 Å². The molecule has 0 aliphatic heterocycles. The summed E-state index contributed by atoms with van der Waals surface area (Å²) in [6.45, 7) is 5.47. The fourth-order valence-electron chi connectivity index (χ4n) is 4.04. The molecule has 0 heterocycles. The molecule has 0 spiro atoms. The Balaban J connectivity index is 2.03. The number of anilines is 1. The van der Waals surface area contributed by atoms with Crippen LogP contribution in [0.1, 0.15) is 31.4 Å². The molecule has 3 aromatic rings. The summed E-state index contributed by atoms with van der Waals surface area (Å²) in [5, 5.41) is 2.83. The summed E-state index contributed by atoms with van der Waals surface area (Å²) in [6.07, 6.45) is 0.739. The summed E-state index contributed by atoms with van der Waals surface area (Å²) in [5.74, 6) is 0.242. The van der Waals surface area contributed by atoms with Gasteiger partial charge < -0.3 is 19.7 Å². The molecule has 0 aliphatic carbocycles. The van der Waals surface area contributed by atoms with Gasteiger partial charge in [-0.3, -0.25) is 13.9 Å². The Hall–Kier alpha value is -4.05. The SMILES string of the molecule is CCCNC(=O)C(C)N(Cc1ccc(OC)cc1)C(=O)CN(c1cccc(OC)c1)S(=O)(=O)c1ccc(C)cc1. The molecule has 1 unspecified atom stereocenters. The van der Waals surface area contributed by atoms with Gasteiger partial charge in [-0.15, -0.1) is 0 Å². The van der Waals surface area contributed by atoms with E-state index < -0.39 is 28.5 Å². The van der Waals surface area contributed by atoms with Crippen LogP contribution in [0, 0.1) is 6.92 Å². The first-order valence-corrected chi connectivity index (χ1v) is 14.5. The third-order valence-electron chi connectivity index (χ3n) is 6.46. The van der Waals surface area contributed by atoms with Crippen molar-refractivity contribution in [3.05, 3.63) is 83.9 Å². The van der Waals surface area contributed by atoms with Crippen LogP contribution in [0.25, 0.3) is 0 Å². The fourth-order valence-corrected chi connectivity index (χ4v) is 5.44. The first-order chi connectivity index (χ1) is 19.1. The number of hydrogen-bond acceptors (Lipinski definition) is 6. The molecule has 1 N–H and O–H groups in total. The van der Waals surface area contributed by atoms with Gasteiger partial charge >= 0.3 is 0 Å². The Morgan fingerprint density at radius 3 is 2.17 bits per heavy atom. The average molecular weight is 568 g/mol. The number of methoxy groups -OCH3 is 2. The van der Waals surface area contributed by atoms with Crippen LogP contribution >= 0.6 is 0 Å². The van der Waals surface area contributed by atoms with E-state index in [1.54, 1.807) is 74.7 Å². The maximum absolute atomic E-state index is 13.9. The zero-order chi connectivity index (χ0) is 29.3. The van der Waals surface area contributed by atoms with Crippen molar-refractivity contribution < 1.29 is 27.5 Å². The van der Waals surface area contributed by atoms with E-state index in [1.807, 2.05) is 13.8 Å². The van der Waals surface area contributed by atoms with Crippen LogP contribution in [-0.2, 0) is 26.2 Å². The standard InChI is InChI=1S/C30H37N3O6S/c1-6-18-31-30(35)23(3)32(20-24-12-14-26(38-4)15-13-24)29(34)21-33(25-8-7-9-27(19-25)39-5)40(36,37)28-16-10-22(2)11-17-28/h7-17,19,23H,6,18,20-21H2,1-5H3,(H,31,35). The lowest BCUT2D eigenvalue weighted by atomic mass is 10.1. The number of rotatable bonds is 13. The molecular weight excluding hydrogens is 530 g/mol. The summed E-state index contributed by atoms with van der Waals surface area (Å²) in [7, 11) is -1.11. The molecule has 0 saturated heterocycles. The normalized spacial score (nSPS) is 11.8. The first-order valence-electron chi connectivity index (χ1n) is 13.0. The summed E-state index contributed by atoms with van der Waals surface area (Å²) >= 11 is 0. The zero-order valence-corrected chi connectivity index (χ0v) is 24.4. The molecule has 0 saturated carbocycles. The number of carbonyl (C=O) groups excluding carboxylic acids is 2. The van der Waals surface area contributed by atoms with Gasteiger partial charge in [0.2, 0.25) is 11.8 Å². The van der Waals surface area contributed by atoms with Gasteiger partial charge in [-0.2, -0.15) is 0 Å². The number of nitrogens with zero attached hydrogens (tertiary/aromatic N) is 2. The number of benzene rings is 3. The molecule has 10 heteroatoms. The van der Waals surface area contributed by atoms with Crippen molar-refractivity contribution >= 4 is 27.5 Å². The van der Waals surface area contributed by atoms with Crippen molar-refractivity contribution in [1.82, 2.24) is 10.2 Å². The summed E-state index contributed by atoms with van der Waals surface area (Å²) in [5.41, 5.74) is 1.93. The second-order valence-corrected chi connectivity index (χ2v) is 11.2. The minimum Gasteiger partial charge on any atom is -0.497 e. The molecule has 0 aromatic heterocycles. The second-order valence-electron chi connectivity index (χ2n) is 9.36. The van der Waals surface area contributed by atoms with Gasteiger partial charge in [0.05, 0.1) is 24.8 Å². The van der Waals surface area contributed by atoms with E-state index in [2.05, 4.69) is 5.32 Å². The van der Waals surface area contributed by atoms with Crippen LogP contribution in [-0.4, -0.2) is 58.5 Å². The van der Waals surface area contributed by atoms with E-state index in [9.17, 15) is 18.0 Å². The predicted octanol–water partition coefficient (Wildman–Crippen LogP) is 4.15. The molecule has 0 bridgehead atoms. The largest absolute Gasteiger partial charge is 0.497 e. The molecular formula is C30H37N3O6S. The number of sulfonamides is 1. The fraction of sp³-hybridized carbons (Fsp3) is 0.333. The highest BCUT2D eigenvalue weighted by atomic mass is 32.2. The second kappa shape index (κ2) is 13.8. The summed E-state index contributed by atoms with van der Waals surface area (Å²) in [6, 6.07) is 19.2. The molecule has 214 valence electrons. The Bertz CT molecular complexity index is 1390. The molecule has 3 aromatic carbocycles. The van der Waals surface area contributed by atoms with E-state index in [0.717, 1.165) is 21.9 Å². The van der Waals surface area contributed by atoms with Crippen LogP contribution in [0.15, 0.2) is 77.7 Å². The van der Waals surface area contributed by atoms with Gasteiger partial charge in [-0.25, -0.2) is 8.42 Å². The molecule has 0 aliphatic rings. The Morgan fingerprint density at radius 2 is 1.57 bits per heavy atom. The molecule has 0 radical (unpaired) electrons. The van der Waals surface area contributed by atoms with Crippen LogP contribution in [0.4, 0.5) is 5.69 Å². The van der Waals surface area contributed by atoms with Gasteiger partial charge in [0.15, 0.2) is 0 Å². The van der Waals surface area contributed by atoms with E-state index in [0.29, 0.717) is 18.0 Å². The van der Waals surface area contributed by atoms with Crippen molar-refractivity contribution in [2.75, 3.05) is 31.6 Å². The van der Waals surface area contributed by atoms with Gasteiger partial charge in [0, 0.05) is 19.2 Å². The maximum Gasteiger partial charge on any atom is 0.264 e. The Kier molecular flexibility index (Phi) is 10.6. The van der Waals surface area contributed by atoms with Gasteiger partial charge in [-0.05, 0) is 62.2 Å². The van der Waals surface area contributed by atoms with Crippen molar-refractivity contribution in [3.63, 3.8) is 0 Å². The van der Waals surface area contributed by atoms with E-state index in [-0.39, 0.29) is 23.0 Å². The maximum atomic E-state index is 13.9. The van der Waals surface area contributed by atoms with E-state index >= 15 is 0 Å². The third kappa shape index (κ3) is 7.53. The number of ether oxygens (including phenoxy) is 2. The number of carbonyl (C=O) groups is 2. The highest BCUT2D eigenvalue weighted by Gasteiger charge is 2.32. The molecule has 3 rings (SSSR count). The number of hydrogen-bond donors (Lipinski definition) is 1. The van der Waals surface area contributed by atoms with Crippen molar-refractivity contribution in [2.24, 2.45) is 0 Å². The smallest absolute Gasteiger partial charge is 0.264 e. The number of amides is 2. The van der Waals surface area contributed by atoms with E-state index in [1.165, 1.54) is 24.1 Å². The summed E-state index contributed by atoms with van der Waals surface area (Å²) in [4.78, 5) is 28.3. The molecule has 2 amide bonds. The zero-order valence-electron chi connectivity index (χ0n) is 23.6. The van der Waals surface area contributed by atoms with Gasteiger partial charge in [-0.1, -0.05) is 42.8 Å². The number of nitrogens with one attached hydrogen (secondary N) is 1. The van der Waals surface area contributed by atoms with Crippen molar-refractivity contribution in [3.8, 4) is 11.5 Å². The van der Waals surface area contributed by atoms with E-state index in [4.69, 9.17) is 9.47 Å². The lowest BCUT2D eigenvalue weighted by molar-refractivity contribution is -0.139. The lowest BCUT2D eigenvalue weighted by Crippen LogP contribution is -2.51. The first kappa shape index (κ1) is 30.5. The highest BCUT2D eigenvalue weighted by Crippen LogP contribution is 2.28. The Labute approximate surface area is 236 Å². The van der Waals surface area contributed by atoms with Crippen LogP contribution < -0.4 is 19.1 Å². The topological polar surface area (TPSA) is 105 Å². The highest BCUT2D eigenvalue weighted by molar-refractivity contribution is 7.92. The van der Waals surface area contributed by atoms with Crippen molar-refractivity contribution in [2.45, 2.75) is 44.7 Å². The average Bonchev–Trinajstić information content (AvgIpc) is 2.97. The minimum atomic E-state index is -4.15. The van der Waals surface area contributed by atoms with Gasteiger partial charge in [0.25, 0.3) is 10.0 Å². The predicted molar refractivity (Wildman–Crippen MR) is 155 cm³/mol. The molecule has 9 nitrogen and oxygen atoms in total. The lowest BCUT2D eigenvalue weighted by Gasteiger charge is -2.32. The summed E-state index contributed by atoms with van der Waals surface area (Å²) < 4.78 is 39.4. The molecule has 40 heavy (non-hydrogen) atoms. The van der Waals surface area contributed by atoms with Crippen molar-refractivity contribution in [1.29, 1.82) is 0 Å². The molecule has 0 fully saturated rings. The minimum absolute atomic E-state index is 0.0455. The van der Waals surface area contributed by atoms with Crippen LogP contribution in [0.3, 0.4) is 0 Å².